The van der Waals surface area contributed by atoms with E-state index in [1.807, 2.05) is 39.4 Å². The number of anilines is 1. The fourth-order valence-corrected chi connectivity index (χ4v) is 5.48. The first-order chi connectivity index (χ1) is 12.6. The van der Waals surface area contributed by atoms with Crippen molar-refractivity contribution in [2.75, 3.05) is 16.8 Å². The van der Waals surface area contributed by atoms with Gasteiger partial charge in [-0.25, -0.2) is 8.42 Å². The fraction of sp³-hybridized carbons (Fsp3) is 0.611. The van der Waals surface area contributed by atoms with E-state index < -0.39 is 9.84 Å². The number of carbonyl (C=O) groups excluding carboxylic acids is 1. The Morgan fingerprint density at radius 1 is 1.15 bits per heavy atom. The van der Waals surface area contributed by atoms with Crippen molar-refractivity contribution in [1.82, 2.24) is 19.6 Å². The molecular weight excluding hydrogens is 366 g/mol. The number of aryl methyl sites for hydroxylation is 3. The minimum absolute atomic E-state index is 0.0811. The summed E-state index contributed by atoms with van der Waals surface area (Å²) in [6.45, 7) is 7.66. The lowest BCUT2D eigenvalue weighted by molar-refractivity contribution is -0.116. The quantitative estimate of drug-likeness (QED) is 0.835. The maximum atomic E-state index is 12.5. The molecule has 0 radical (unpaired) electrons. The summed E-state index contributed by atoms with van der Waals surface area (Å²) in [5, 5.41) is 11.8. The summed E-state index contributed by atoms with van der Waals surface area (Å²) in [5.74, 6) is 0.228. The van der Waals surface area contributed by atoms with Crippen LogP contribution in [0.1, 0.15) is 47.2 Å². The van der Waals surface area contributed by atoms with Crippen LogP contribution in [0.25, 0.3) is 0 Å². The van der Waals surface area contributed by atoms with Crippen LogP contribution in [0.4, 0.5) is 5.69 Å². The molecule has 0 saturated carbocycles. The Morgan fingerprint density at radius 3 is 2.41 bits per heavy atom. The van der Waals surface area contributed by atoms with Crippen molar-refractivity contribution < 1.29 is 13.2 Å². The number of amides is 1. The summed E-state index contributed by atoms with van der Waals surface area (Å²) in [7, 11) is -1.09. The Labute approximate surface area is 159 Å². The highest BCUT2D eigenvalue weighted by Gasteiger charge is 2.31. The van der Waals surface area contributed by atoms with Crippen LogP contribution in [0.2, 0.25) is 0 Å². The van der Waals surface area contributed by atoms with Crippen LogP contribution in [0.15, 0.2) is 0 Å². The molecule has 1 unspecified atom stereocenters. The van der Waals surface area contributed by atoms with Gasteiger partial charge in [0.2, 0.25) is 5.91 Å². The second-order valence-electron chi connectivity index (χ2n) is 7.37. The molecule has 1 N–H and O–H groups in total. The summed E-state index contributed by atoms with van der Waals surface area (Å²) >= 11 is 0. The maximum Gasteiger partial charge on any atom is 0.224 e. The van der Waals surface area contributed by atoms with Gasteiger partial charge in [-0.1, -0.05) is 0 Å². The largest absolute Gasteiger partial charge is 0.323 e. The lowest BCUT2D eigenvalue weighted by atomic mass is 10.1. The van der Waals surface area contributed by atoms with E-state index in [2.05, 4.69) is 15.5 Å². The minimum atomic E-state index is -2.99. The first-order valence-corrected chi connectivity index (χ1v) is 11.0. The average molecular weight is 394 g/mol. The first-order valence-electron chi connectivity index (χ1n) is 9.14. The van der Waals surface area contributed by atoms with Crippen LogP contribution in [0.3, 0.4) is 0 Å². The van der Waals surface area contributed by atoms with E-state index in [9.17, 15) is 13.2 Å². The number of nitrogens with one attached hydrogen (secondary N) is 1. The highest BCUT2D eigenvalue weighted by molar-refractivity contribution is 7.91. The van der Waals surface area contributed by atoms with Crippen molar-refractivity contribution in [3.8, 4) is 0 Å². The predicted molar refractivity (Wildman–Crippen MR) is 104 cm³/mol. The highest BCUT2D eigenvalue weighted by Crippen LogP contribution is 2.29. The van der Waals surface area contributed by atoms with Crippen molar-refractivity contribution in [3.63, 3.8) is 0 Å². The Morgan fingerprint density at radius 2 is 1.85 bits per heavy atom. The first kappa shape index (κ1) is 19.6. The van der Waals surface area contributed by atoms with E-state index in [-0.39, 0.29) is 23.5 Å². The second kappa shape index (κ2) is 7.10. The lowest BCUT2D eigenvalue weighted by Crippen LogP contribution is -2.16. The Kier molecular flexibility index (Phi) is 5.16. The normalized spacial score (nSPS) is 18.8. The van der Waals surface area contributed by atoms with E-state index in [1.165, 1.54) is 0 Å². The molecule has 3 rings (SSSR count). The van der Waals surface area contributed by atoms with Crippen LogP contribution in [0.5, 0.6) is 0 Å². The van der Waals surface area contributed by atoms with E-state index in [1.54, 1.807) is 4.68 Å². The summed E-state index contributed by atoms with van der Waals surface area (Å²) in [6.07, 6.45) is 1.55. The van der Waals surface area contributed by atoms with Gasteiger partial charge in [-0.2, -0.15) is 10.2 Å². The van der Waals surface area contributed by atoms with E-state index in [4.69, 9.17) is 0 Å². The molecule has 0 aromatic carbocycles. The maximum absolute atomic E-state index is 12.5. The van der Waals surface area contributed by atoms with Crippen molar-refractivity contribution in [3.05, 3.63) is 28.3 Å². The topological polar surface area (TPSA) is 98.9 Å². The van der Waals surface area contributed by atoms with Crippen molar-refractivity contribution in [1.29, 1.82) is 0 Å². The molecule has 8 nitrogen and oxygen atoms in total. The van der Waals surface area contributed by atoms with Gasteiger partial charge in [0.15, 0.2) is 9.84 Å². The molecule has 0 spiro atoms. The van der Waals surface area contributed by atoms with Crippen LogP contribution >= 0.6 is 0 Å². The number of hydrogen-bond acceptors (Lipinski definition) is 5. The van der Waals surface area contributed by atoms with Gasteiger partial charge in [0, 0.05) is 19.2 Å². The van der Waals surface area contributed by atoms with Gasteiger partial charge in [-0.3, -0.25) is 14.2 Å². The molecule has 0 bridgehead atoms. The molecule has 3 heterocycles. The van der Waals surface area contributed by atoms with Crippen molar-refractivity contribution in [2.45, 2.75) is 53.0 Å². The summed E-state index contributed by atoms with van der Waals surface area (Å²) in [5.41, 5.74) is 5.32. The standard InChI is InChI=1S/C18H27N5O3S/c1-11-16(13(3)22(5)20-11)6-7-17(24)19-18-12(2)21-23(14(18)4)15-8-9-27(25,26)10-15/h15H,6-10H2,1-5H3,(H,19,24). The zero-order valence-corrected chi connectivity index (χ0v) is 17.4. The molecule has 9 heteroatoms. The van der Waals surface area contributed by atoms with Crippen LogP contribution in [-0.2, 0) is 28.1 Å². The van der Waals surface area contributed by atoms with Crippen LogP contribution in [0, 0.1) is 27.7 Å². The lowest BCUT2D eigenvalue weighted by Gasteiger charge is -2.12. The van der Waals surface area contributed by atoms with Gasteiger partial charge in [-0.05, 0) is 46.1 Å². The molecular formula is C18H27N5O3S. The summed E-state index contributed by atoms with van der Waals surface area (Å²) in [6, 6.07) is -0.153. The highest BCUT2D eigenvalue weighted by atomic mass is 32.2. The SMILES string of the molecule is Cc1nn(C)c(C)c1CCC(=O)Nc1c(C)nn(C2CCS(=O)(=O)C2)c1C. The number of sulfone groups is 1. The van der Waals surface area contributed by atoms with E-state index in [0.29, 0.717) is 30.6 Å². The number of hydrogen-bond donors (Lipinski definition) is 1. The third kappa shape index (κ3) is 3.92. The van der Waals surface area contributed by atoms with Crippen LogP contribution in [-0.4, -0.2) is 45.4 Å². The zero-order valence-electron chi connectivity index (χ0n) is 16.5. The van der Waals surface area contributed by atoms with Gasteiger partial charge >= 0.3 is 0 Å². The number of aromatic nitrogens is 4. The molecule has 27 heavy (non-hydrogen) atoms. The summed E-state index contributed by atoms with van der Waals surface area (Å²) < 4.78 is 27.1. The molecule has 1 aliphatic heterocycles. The molecule has 1 fully saturated rings. The van der Waals surface area contributed by atoms with E-state index >= 15 is 0 Å². The molecule has 2 aromatic heterocycles. The molecule has 1 amide bonds. The zero-order chi connectivity index (χ0) is 19.9. The van der Waals surface area contributed by atoms with Gasteiger partial charge in [0.1, 0.15) is 0 Å². The predicted octanol–water partition coefficient (Wildman–Crippen LogP) is 1.78. The molecule has 1 aliphatic rings. The number of rotatable bonds is 5. The average Bonchev–Trinajstić information content (AvgIpc) is 3.16. The number of carbonyl (C=O) groups is 1. The summed E-state index contributed by atoms with van der Waals surface area (Å²) in [4.78, 5) is 12.5. The fourth-order valence-electron chi connectivity index (χ4n) is 3.79. The van der Waals surface area contributed by atoms with Gasteiger partial charge in [0.25, 0.3) is 0 Å². The molecule has 2 aromatic rings. The molecule has 1 saturated heterocycles. The second-order valence-corrected chi connectivity index (χ2v) is 9.60. The molecule has 148 valence electrons. The van der Waals surface area contributed by atoms with Crippen molar-refractivity contribution in [2.24, 2.45) is 7.05 Å². The Bertz CT molecular complexity index is 987. The Hall–Kier alpha value is -2.16. The Balaban J connectivity index is 1.69. The van der Waals surface area contributed by atoms with Gasteiger partial charge < -0.3 is 5.32 Å². The van der Waals surface area contributed by atoms with Gasteiger partial charge in [-0.15, -0.1) is 0 Å². The monoisotopic (exact) mass is 393 g/mol. The molecule has 0 aliphatic carbocycles. The van der Waals surface area contributed by atoms with Gasteiger partial charge in [0.05, 0.1) is 40.3 Å². The molecule has 1 atom stereocenters. The minimum Gasteiger partial charge on any atom is -0.323 e. The number of nitrogens with zero attached hydrogens (tertiary/aromatic N) is 4. The third-order valence-corrected chi connectivity index (χ3v) is 7.15. The van der Waals surface area contributed by atoms with Crippen molar-refractivity contribution >= 4 is 21.4 Å². The van der Waals surface area contributed by atoms with Crippen LogP contribution < -0.4 is 5.32 Å². The third-order valence-electron chi connectivity index (χ3n) is 5.40. The van der Waals surface area contributed by atoms with E-state index in [0.717, 1.165) is 22.6 Å². The smallest absolute Gasteiger partial charge is 0.224 e.